The topological polar surface area (TPSA) is 99.9 Å². The van der Waals surface area contributed by atoms with Crippen molar-refractivity contribution in [1.82, 2.24) is 10.3 Å². The zero-order valence-electron chi connectivity index (χ0n) is 24.0. The Labute approximate surface area is 236 Å². The maximum absolute atomic E-state index is 12.6. The molecule has 0 unspecified atom stereocenters. The van der Waals surface area contributed by atoms with Gasteiger partial charge in [-0.1, -0.05) is 42.5 Å². The second kappa shape index (κ2) is 14.2. The van der Waals surface area contributed by atoms with E-state index in [0.717, 1.165) is 22.4 Å². The molecule has 1 amide bonds. The van der Waals surface area contributed by atoms with Gasteiger partial charge in [-0.2, -0.15) is 0 Å². The van der Waals surface area contributed by atoms with E-state index in [0.29, 0.717) is 36.8 Å². The molecule has 212 valence electrons. The summed E-state index contributed by atoms with van der Waals surface area (Å²) in [5, 5.41) is 2.88. The third-order valence-electron chi connectivity index (χ3n) is 5.56. The number of nitrogens with zero attached hydrogens (tertiary/aromatic N) is 1. The summed E-state index contributed by atoms with van der Waals surface area (Å²) in [6.07, 6.45) is 4.88. The molecule has 0 spiro atoms. The molecule has 0 saturated heterocycles. The van der Waals surface area contributed by atoms with Gasteiger partial charge >= 0.3 is 12.1 Å². The van der Waals surface area contributed by atoms with E-state index >= 15 is 0 Å². The zero-order chi connectivity index (χ0) is 29.1. The number of esters is 1. The van der Waals surface area contributed by atoms with Gasteiger partial charge in [-0.25, -0.2) is 14.6 Å². The van der Waals surface area contributed by atoms with Crippen LogP contribution in [-0.2, 0) is 27.3 Å². The van der Waals surface area contributed by atoms with E-state index in [1.54, 1.807) is 46.8 Å². The summed E-state index contributed by atoms with van der Waals surface area (Å²) in [6.45, 7) is 11.5. The maximum atomic E-state index is 12.6. The summed E-state index contributed by atoms with van der Waals surface area (Å²) in [4.78, 5) is 29.1. The van der Waals surface area contributed by atoms with Gasteiger partial charge in [-0.15, -0.1) is 0 Å². The van der Waals surface area contributed by atoms with Crippen molar-refractivity contribution < 1.29 is 28.2 Å². The third-order valence-corrected chi connectivity index (χ3v) is 5.56. The second-order valence-electron chi connectivity index (χ2n) is 10.4. The highest BCUT2D eigenvalue weighted by molar-refractivity contribution is 5.88. The molecule has 0 aliphatic carbocycles. The maximum Gasteiger partial charge on any atom is 0.408 e. The van der Waals surface area contributed by atoms with Crippen LogP contribution in [0.4, 0.5) is 4.79 Å². The Morgan fingerprint density at radius 3 is 2.38 bits per heavy atom. The van der Waals surface area contributed by atoms with Crippen molar-refractivity contribution in [2.45, 2.75) is 66.2 Å². The third kappa shape index (κ3) is 10.1. The van der Waals surface area contributed by atoms with Crippen LogP contribution in [0.15, 0.2) is 82.5 Å². The van der Waals surface area contributed by atoms with Gasteiger partial charge in [0.1, 0.15) is 36.0 Å². The number of ether oxygens (including phenoxy) is 3. The number of aromatic nitrogens is 1. The number of amides is 1. The normalized spacial score (nSPS) is 12.9. The number of carbonyl (C=O) groups excluding carboxylic acids is 2. The van der Waals surface area contributed by atoms with Crippen molar-refractivity contribution >= 4 is 18.1 Å². The largest absolute Gasteiger partial charge is 0.489 e. The van der Waals surface area contributed by atoms with Crippen LogP contribution in [0.2, 0.25) is 0 Å². The van der Waals surface area contributed by atoms with Crippen molar-refractivity contribution in [3.63, 3.8) is 0 Å². The van der Waals surface area contributed by atoms with Crippen molar-refractivity contribution in [2.24, 2.45) is 0 Å². The van der Waals surface area contributed by atoms with E-state index in [4.69, 9.17) is 18.6 Å². The van der Waals surface area contributed by atoms with Crippen LogP contribution in [-0.4, -0.2) is 29.3 Å². The Balaban J connectivity index is 1.75. The average Bonchev–Trinajstić information content (AvgIpc) is 3.35. The lowest BCUT2D eigenvalue weighted by Gasteiger charge is -2.22. The lowest BCUT2D eigenvalue weighted by Crippen LogP contribution is -2.36. The van der Waals surface area contributed by atoms with Crippen LogP contribution >= 0.6 is 0 Å². The molecule has 1 atom stereocenters. The molecular weight excluding hydrogens is 508 g/mol. The monoisotopic (exact) mass is 546 g/mol. The molecule has 0 fully saturated rings. The number of carbonyl (C=O) groups is 2. The molecule has 2 aromatic carbocycles. The van der Waals surface area contributed by atoms with Crippen LogP contribution in [0.1, 0.15) is 70.3 Å². The van der Waals surface area contributed by atoms with Crippen molar-refractivity contribution in [1.29, 1.82) is 0 Å². The summed E-state index contributed by atoms with van der Waals surface area (Å²) < 4.78 is 22.2. The van der Waals surface area contributed by atoms with E-state index in [-0.39, 0.29) is 5.97 Å². The van der Waals surface area contributed by atoms with Gasteiger partial charge in [0.25, 0.3) is 0 Å². The Morgan fingerprint density at radius 1 is 1.02 bits per heavy atom. The summed E-state index contributed by atoms with van der Waals surface area (Å²) in [5.74, 6) is 0.712. The van der Waals surface area contributed by atoms with E-state index < -0.39 is 17.7 Å². The van der Waals surface area contributed by atoms with Crippen molar-refractivity contribution in [3.8, 4) is 5.75 Å². The predicted octanol–water partition coefficient (Wildman–Crippen LogP) is 6.97. The average molecular weight is 547 g/mol. The minimum Gasteiger partial charge on any atom is -0.489 e. The minimum absolute atomic E-state index is 0.314. The summed E-state index contributed by atoms with van der Waals surface area (Å²) >= 11 is 0. The molecule has 3 rings (SSSR count). The van der Waals surface area contributed by atoms with Crippen LogP contribution in [0.25, 0.3) is 6.08 Å². The fraction of sp³-hybridized carbons (Fsp3) is 0.344. The molecule has 1 heterocycles. The molecule has 8 heteroatoms. The summed E-state index contributed by atoms with van der Waals surface area (Å²) in [7, 11) is 0. The predicted molar refractivity (Wildman–Crippen MR) is 154 cm³/mol. The standard InChI is InChI=1S/C32H38N2O6/c1-7-37-30(35)23(3)17-22(2)18-26-21-39-29(33-26)28(34-31(36)40-32(4,5)6)19-24-13-15-27(16-14-24)38-20-25-11-9-8-10-12-25/h8-18,21,28H,7,19-20H2,1-6H3,(H,34,36)/b22-18+,23-17+/t28-/m0/s1. The first kappa shape index (κ1) is 30.2. The van der Waals surface area contributed by atoms with E-state index in [2.05, 4.69) is 10.3 Å². The van der Waals surface area contributed by atoms with Gasteiger partial charge in [0.05, 0.1) is 6.61 Å². The lowest BCUT2D eigenvalue weighted by molar-refractivity contribution is -0.138. The second-order valence-corrected chi connectivity index (χ2v) is 10.4. The van der Waals surface area contributed by atoms with E-state index in [1.807, 2.05) is 61.5 Å². The number of rotatable bonds is 11. The van der Waals surface area contributed by atoms with E-state index in [1.165, 1.54) is 6.26 Å². The van der Waals surface area contributed by atoms with Gasteiger partial charge in [0.15, 0.2) is 0 Å². The molecule has 3 aromatic rings. The highest BCUT2D eigenvalue weighted by Gasteiger charge is 2.24. The Bertz CT molecular complexity index is 1320. The summed E-state index contributed by atoms with van der Waals surface area (Å²) in [5.41, 5.74) is 3.22. The highest BCUT2D eigenvalue weighted by Crippen LogP contribution is 2.23. The first-order valence-corrected chi connectivity index (χ1v) is 13.3. The molecule has 8 nitrogen and oxygen atoms in total. The number of allylic oxidation sites excluding steroid dienone is 2. The molecule has 0 aliphatic heterocycles. The van der Waals surface area contributed by atoms with Crippen LogP contribution < -0.4 is 10.1 Å². The van der Waals surface area contributed by atoms with Crippen molar-refractivity contribution in [2.75, 3.05) is 6.61 Å². The molecule has 0 radical (unpaired) electrons. The minimum atomic E-state index is -0.656. The van der Waals surface area contributed by atoms with Gasteiger partial charge in [-0.05, 0) is 82.5 Å². The molecule has 0 bridgehead atoms. The first-order chi connectivity index (χ1) is 19.0. The highest BCUT2D eigenvalue weighted by atomic mass is 16.6. The van der Waals surface area contributed by atoms with Crippen LogP contribution in [0, 0.1) is 0 Å². The fourth-order valence-electron chi connectivity index (χ4n) is 3.80. The summed E-state index contributed by atoms with van der Waals surface area (Å²) in [6, 6.07) is 17.1. The zero-order valence-corrected chi connectivity index (χ0v) is 24.0. The number of hydrogen-bond donors (Lipinski definition) is 1. The molecule has 1 N–H and O–H groups in total. The van der Waals surface area contributed by atoms with Gasteiger partial charge in [0, 0.05) is 12.0 Å². The van der Waals surface area contributed by atoms with Gasteiger partial charge in [-0.3, -0.25) is 0 Å². The van der Waals surface area contributed by atoms with E-state index in [9.17, 15) is 9.59 Å². The Hall–Kier alpha value is -4.33. The molecule has 0 saturated carbocycles. The van der Waals surface area contributed by atoms with Crippen LogP contribution in [0.5, 0.6) is 5.75 Å². The fourth-order valence-corrected chi connectivity index (χ4v) is 3.80. The van der Waals surface area contributed by atoms with Gasteiger partial charge in [0.2, 0.25) is 5.89 Å². The van der Waals surface area contributed by atoms with Crippen molar-refractivity contribution in [3.05, 3.63) is 101 Å². The number of nitrogens with one attached hydrogen (secondary N) is 1. The SMILES string of the molecule is CCOC(=O)/C(C)=C/C(C)=C/c1coc([C@H](Cc2ccc(OCc3ccccc3)cc2)NC(=O)OC(C)(C)C)n1. The molecule has 0 aliphatic rings. The molecule has 40 heavy (non-hydrogen) atoms. The number of benzene rings is 2. The quantitative estimate of drug-likeness (QED) is 0.157. The Kier molecular flexibility index (Phi) is 10.7. The smallest absolute Gasteiger partial charge is 0.408 e. The lowest BCUT2D eigenvalue weighted by atomic mass is 10.1. The van der Waals surface area contributed by atoms with Crippen LogP contribution in [0.3, 0.4) is 0 Å². The molecular formula is C32H38N2O6. The number of oxazole rings is 1. The molecule has 1 aromatic heterocycles. The van der Waals surface area contributed by atoms with Gasteiger partial charge < -0.3 is 23.9 Å². The number of hydrogen-bond acceptors (Lipinski definition) is 7. The Morgan fingerprint density at radius 2 is 1.73 bits per heavy atom. The first-order valence-electron chi connectivity index (χ1n) is 13.3. The number of alkyl carbamates (subject to hydrolysis) is 1.